The number of rotatable bonds is 2. The van der Waals surface area contributed by atoms with E-state index >= 15 is 0 Å². The number of carbonyl (C=O) groups is 1. The summed E-state index contributed by atoms with van der Waals surface area (Å²) in [6.07, 6.45) is 1.50. The van der Waals surface area contributed by atoms with Crippen LogP contribution in [-0.4, -0.2) is 10.9 Å². The number of anilines is 1. The number of hydrogen-bond donors (Lipinski definition) is 1. The zero-order valence-corrected chi connectivity index (χ0v) is 10.2. The molecule has 0 saturated heterocycles. The van der Waals surface area contributed by atoms with Gasteiger partial charge >= 0.3 is 0 Å². The van der Waals surface area contributed by atoms with Crippen molar-refractivity contribution in [3.05, 3.63) is 58.6 Å². The van der Waals surface area contributed by atoms with Crippen LogP contribution in [0.3, 0.4) is 0 Å². The average molecular weight is 295 g/mol. The minimum Gasteiger partial charge on any atom is -0.318 e. The Morgan fingerprint density at radius 3 is 2.71 bits per heavy atom. The second-order valence-corrected chi connectivity index (χ2v) is 4.12. The van der Waals surface area contributed by atoms with E-state index in [9.17, 15) is 9.18 Å². The minimum atomic E-state index is -0.479. The number of benzene rings is 1. The third-order valence-electron chi connectivity index (χ3n) is 2.10. The Bertz CT molecular complexity index is 560. The highest BCUT2D eigenvalue weighted by atomic mass is 79.9. The smallest absolute Gasteiger partial charge is 0.275 e. The summed E-state index contributed by atoms with van der Waals surface area (Å²) >= 11 is 3.21. The molecule has 0 radical (unpaired) electrons. The minimum absolute atomic E-state index is 0.134. The van der Waals surface area contributed by atoms with Crippen molar-refractivity contribution in [3.63, 3.8) is 0 Å². The van der Waals surface area contributed by atoms with Gasteiger partial charge in [-0.25, -0.2) is 9.37 Å². The first-order valence-electron chi connectivity index (χ1n) is 4.85. The van der Waals surface area contributed by atoms with E-state index < -0.39 is 11.7 Å². The predicted octanol–water partition coefficient (Wildman–Crippen LogP) is 3.24. The van der Waals surface area contributed by atoms with Crippen molar-refractivity contribution in [2.24, 2.45) is 0 Å². The lowest BCUT2D eigenvalue weighted by Crippen LogP contribution is -2.15. The molecule has 1 aromatic heterocycles. The summed E-state index contributed by atoms with van der Waals surface area (Å²) in [5, 5.41) is 2.46. The number of halogens is 2. The molecule has 0 saturated carbocycles. The molecular formula is C12H8BrFN2O. The molecule has 1 amide bonds. The topological polar surface area (TPSA) is 42.0 Å². The van der Waals surface area contributed by atoms with Crippen LogP contribution in [0.25, 0.3) is 0 Å². The molecule has 1 aromatic carbocycles. The van der Waals surface area contributed by atoms with Gasteiger partial charge in [0.1, 0.15) is 11.5 Å². The number of para-hydroxylation sites is 1. The molecule has 1 N–H and O–H groups in total. The molecule has 17 heavy (non-hydrogen) atoms. The molecular weight excluding hydrogens is 287 g/mol. The Morgan fingerprint density at radius 2 is 2.00 bits per heavy atom. The van der Waals surface area contributed by atoms with Gasteiger partial charge in [-0.15, -0.1) is 0 Å². The monoisotopic (exact) mass is 294 g/mol. The second-order valence-electron chi connectivity index (χ2n) is 3.27. The fraction of sp³-hybridized carbons (Fsp3) is 0. The first kappa shape index (κ1) is 11.7. The van der Waals surface area contributed by atoms with Gasteiger partial charge in [0, 0.05) is 10.7 Å². The van der Waals surface area contributed by atoms with Gasteiger partial charge < -0.3 is 5.32 Å². The first-order chi connectivity index (χ1) is 8.18. The van der Waals surface area contributed by atoms with Crippen molar-refractivity contribution >= 4 is 27.5 Å². The van der Waals surface area contributed by atoms with Crippen molar-refractivity contribution in [2.75, 3.05) is 5.32 Å². The summed E-state index contributed by atoms with van der Waals surface area (Å²) in [6, 6.07) is 9.37. The number of aromatic nitrogens is 1. The van der Waals surface area contributed by atoms with Gasteiger partial charge in [-0.3, -0.25) is 4.79 Å². The summed E-state index contributed by atoms with van der Waals surface area (Å²) in [5.74, 6) is -0.935. The largest absolute Gasteiger partial charge is 0.318 e. The maximum absolute atomic E-state index is 13.3. The van der Waals surface area contributed by atoms with E-state index in [-0.39, 0.29) is 11.4 Å². The Kier molecular flexibility index (Phi) is 3.49. The Balaban J connectivity index is 2.24. The van der Waals surface area contributed by atoms with E-state index in [0.717, 1.165) is 0 Å². The van der Waals surface area contributed by atoms with Crippen LogP contribution in [0.15, 0.2) is 47.1 Å². The summed E-state index contributed by atoms with van der Waals surface area (Å²) in [5.41, 5.74) is 0.353. The van der Waals surface area contributed by atoms with Crippen LogP contribution >= 0.6 is 15.9 Å². The molecule has 3 nitrogen and oxygen atoms in total. The second kappa shape index (κ2) is 5.05. The number of hydrogen-bond acceptors (Lipinski definition) is 2. The molecule has 0 atom stereocenters. The molecule has 2 rings (SSSR count). The SMILES string of the molecule is O=C(Nc1ccccc1F)c1ncccc1Br. The standard InChI is InChI=1S/C12H8BrFN2O/c13-8-4-3-7-15-11(8)12(17)16-10-6-2-1-5-9(10)14/h1-7H,(H,16,17). The van der Waals surface area contributed by atoms with E-state index in [4.69, 9.17) is 0 Å². The Morgan fingerprint density at radius 1 is 1.24 bits per heavy atom. The quantitative estimate of drug-likeness (QED) is 0.924. The van der Waals surface area contributed by atoms with Crippen molar-refractivity contribution in [3.8, 4) is 0 Å². The predicted molar refractivity (Wildman–Crippen MR) is 66.3 cm³/mol. The fourth-order valence-corrected chi connectivity index (χ4v) is 1.73. The van der Waals surface area contributed by atoms with Crippen molar-refractivity contribution in [2.45, 2.75) is 0 Å². The molecule has 0 bridgehead atoms. The van der Waals surface area contributed by atoms with Gasteiger partial charge in [-0.1, -0.05) is 12.1 Å². The van der Waals surface area contributed by atoms with Crippen molar-refractivity contribution in [1.82, 2.24) is 4.98 Å². The van der Waals surface area contributed by atoms with Crippen LogP contribution in [0.2, 0.25) is 0 Å². The Hall–Kier alpha value is -1.75. The van der Waals surface area contributed by atoms with Gasteiger partial charge in [-0.05, 0) is 40.2 Å². The van der Waals surface area contributed by atoms with Crippen LogP contribution in [0.4, 0.5) is 10.1 Å². The zero-order valence-electron chi connectivity index (χ0n) is 8.65. The fourth-order valence-electron chi connectivity index (χ4n) is 1.30. The highest BCUT2D eigenvalue weighted by Crippen LogP contribution is 2.17. The number of nitrogens with one attached hydrogen (secondary N) is 1. The summed E-state index contributed by atoms with van der Waals surface area (Å²) in [7, 11) is 0. The number of amides is 1. The summed E-state index contributed by atoms with van der Waals surface area (Å²) < 4.78 is 13.9. The molecule has 0 unspecified atom stereocenters. The molecule has 0 fully saturated rings. The molecule has 0 aliphatic heterocycles. The van der Waals surface area contributed by atoms with E-state index in [1.807, 2.05) is 0 Å². The normalized spacial score (nSPS) is 10.0. The van der Waals surface area contributed by atoms with Gasteiger partial charge in [0.25, 0.3) is 5.91 Å². The highest BCUT2D eigenvalue weighted by Gasteiger charge is 2.12. The number of carbonyl (C=O) groups excluding carboxylic acids is 1. The van der Waals surface area contributed by atoms with E-state index in [0.29, 0.717) is 4.47 Å². The van der Waals surface area contributed by atoms with Crippen LogP contribution in [-0.2, 0) is 0 Å². The van der Waals surface area contributed by atoms with E-state index in [1.165, 1.54) is 18.3 Å². The molecule has 0 aliphatic carbocycles. The third-order valence-corrected chi connectivity index (χ3v) is 2.74. The Labute approximate surface area is 106 Å². The highest BCUT2D eigenvalue weighted by molar-refractivity contribution is 9.10. The van der Waals surface area contributed by atoms with E-state index in [2.05, 4.69) is 26.2 Å². The van der Waals surface area contributed by atoms with E-state index in [1.54, 1.807) is 24.3 Å². The lowest BCUT2D eigenvalue weighted by molar-refractivity contribution is 0.102. The van der Waals surface area contributed by atoms with Gasteiger partial charge in [0.05, 0.1) is 5.69 Å². The molecule has 2 aromatic rings. The lowest BCUT2D eigenvalue weighted by Gasteiger charge is -2.06. The lowest BCUT2D eigenvalue weighted by atomic mass is 10.3. The summed E-state index contributed by atoms with van der Waals surface area (Å²) in [4.78, 5) is 15.7. The van der Waals surface area contributed by atoms with Crippen molar-refractivity contribution < 1.29 is 9.18 Å². The maximum atomic E-state index is 13.3. The zero-order chi connectivity index (χ0) is 12.3. The molecule has 5 heteroatoms. The van der Waals surface area contributed by atoms with Crippen LogP contribution < -0.4 is 5.32 Å². The van der Waals surface area contributed by atoms with Gasteiger partial charge in [0.2, 0.25) is 0 Å². The van der Waals surface area contributed by atoms with Gasteiger partial charge in [0.15, 0.2) is 0 Å². The van der Waals surface area contributed by atoms with Crippen molar-refractivity contribution in [1.29, 1.82) is 0 Å². The maximum Gasteiger partial charge on any atom is 0.275 e. The number of pyridine rings is 1. The average Bonchev–Trinajstić information content (AvgIpc) is 2.32. The molecule has 0 aliphatic rings. The first-order valence-corrected chi connectivity index (χ1v) is 5.64. The molecule has 0 spiro atoms. The van der Waals surface area contributed by atoms with Crippen LogP contribution in [0.5, 0.6) is 0 Å². The van der Waals surface area contributed by atoms with Crippen LogP contribution in [0.1, 0.15) is 10.5 Å². The van der Waals surface area contributed by atoms with Crippen LogP contribution in [0, 0.1) is 5.82 Å². The summed E-state index contributed by atoms with van der Waals surface area (Å²) in [6.45, 7) is 0. The third kappa shape index (κ3) is 2.68. The number of nitrogens with zero attached hydrogens (tertiary/aromatic N) is 1. The molecule has 1 heterocycles. The van der Waals surface area contributed by atoms with Gasteiger partial charge in [-0.2, -0.15) is 0 Å². The molecule has 86 valence electrons.